The third-order valence-corrected chi connectivity index (χ3v) is 4.03. The second kappa shape index (κ2) is 5.58. The Morgan fingerprint density at radius 2 is 1.72 bits per heavy atom. The number of nitrogens with two attached hydrogens (primary N) is 1. The summed E-state index contributed by atoms with van der Waals surface area (Å²) in [6.07, 6.45) is 0. The predicted octanol–water partition coefficient (Wildman–Crippen LogP) is 1.89. The van der Waals surface area contributed by atoms with Gasteiger partial charge in [0.2, 0.25) is 0 Å². The highest BCUT2D eigenvalue weighted by molar-refractivity contribution is 7.80. The lowest BCUT2D eigenvalue weighted by atomic mass is 9.83. The fourth-order valence-corrected chi connectivity index (χ4v) is 2.60. The molecule has 0 heterocycles. The minimum Gasteiger partial charge on any atom is -0.323 e. The average molecular weight is 291 g/mol. The lowest BCUT2D eigenvalue weighted by molar-refractivity contribution is 0.323. The van der Waals surface area contributed by atoms with Crippen LogP contribution in [0.3, 0.4) is 0 Å². The van der Waals surface area contributed by atoms with Crippen LogP contribution >= 0.6 is 0 Å². The summed E-state index contributed by atoms with van der Waals surface area (Å²) >= 11 is -4.43. The van der Waals surface area contributed by atoms with Crippen molar-refractivity contribution in [1.29, 1.82) is 0 Å². The first kappa shape index (κ1) is 15.5. The van der Waals surface area contributed by atoms with Gasteiger partial charge < -0.3 is 14.8 Å². The van der Waals surface area contributed by atoms with Crippen LogP contribution in [0.1, 0.15) is 32.4 Å². The third-order valence-electron chi connectivity index (χ3n) is 2.64. The van der Waals surface area contributed by atoms with E-state index in [0.717, 1.165) is 0 Å². The summed E-state index contributed by atoms with van der Waals surface area (Å²) in [6.45, 7) is 5.75. The maximum atomic E-state index is 11.3. The Bertz CT molecular complexity index is 496. The van der Waals surface area contributed by atoms with Crippen LogP contribution in [-0.2, 0) is 22.2 Å². The largest absolute Gasteiger partial charge is 0.323 e. The van der Waals surface area contributed by atoms with Crippen LogP contribution in [0.5, 0.6) is 0 Å². The topological polar surface area (TPSA) is 101 Å². The summed E-state index contributed by atoms with van der Waals surface area (Å²) in [6, 6.07) is 3.77. The Hall–Kier alpha value is -0.600. The molecule has 0 aliphatic carbocycles. The molecule has 4 N–H and O–H groups in total. The van der Waals surface area contributed by atoms with Crippen molar-refractivity contribution in [3.63, 3.8) is 0 Å². The summed E-state index contributed by atoms with van der Waals surface area (Å²) in [5, 5.41) is 0. The first-order chi connectivity index (χ1) is 8.14. The van der Waals surface area contributed by atoms with Crippen molar-refractivity contribution in [3.8, 4) is 0 Å². The smallest absolute Gasteiger partial charge is 0.186 e. The zero-order chi connectivity index (χ0) is 14.1. The maximum Gasteiger partial charge on any atom is 0.186 e. The molecule has 5 nitrogen and oxygen atoms in total. The van der Waals surface area contributed by atoms with Crippen LogP contribution in [0.2, 0.25) is 0 Å². The van der Waals surface area contributed by atoms with E-state index in [1.165, 1.54) is 18.2 Å². The van der Waals surface area contributed by atoms with E-state index in [0.29, 0.717) is 5.56 Å². The molecule has 0 bridgehead atoms. The lowest BCUT2D eigenvalue weighted by Crippen LogP contribution is -2.27. The zero-order valence-corrected chi connectivity index (χ0v) is 12.0. The van der Waals surface area contributed by atoms with Gasteiger partial charge in [0.1, 0.15) is 0 Å². The van der Waals surface area contributed by atoms with Crippen LogP contribution in [-0.4, -0.2) is 17.5 Å². The van der Waals surface area contributed by atoms with Crippen molar-refractivity contribution >= 4 is 22.2 Å². The van der Waals surface area contributed by atoms with E-state index >= 15 is 0 Å². The molecule has 18 heavy (non-hydrogen) atoms. The van der Waals surface area contributed by atoms with Crippen molar-refractivity contribution in [3.05, 3.63) is 23.8 Å². The monoisotopic (exact) mass is 291 g/mol. The maximum absolute atomic E-state index is 11.3. The van der Waals surface area contributed by atoms with Crippen molar-refractivity contribution in [2.75, 3.05) is 0 Å². The van der Waals surface area contributed by atoms with E-state index in [2.05, 4.69) is 0 Å². The third kappa shape index (κ3) is 3.46. The first-order valence-corrected chi connectivity index (χ1v) is 7.47. The summed E-state index contributed by atoms with van der Waals surface area (Å²) < 4.78 is 40.5. The highest BCUT2D eigenvalue weighted by Gasteiger charge is 2.26. The summed E-state index contributed by atoms with van der Waals surface area (Å²) in [4.78, 5) is 0.162. The fourth-order valence-electron chi connectivity index (χ4n) is 1.50. The zero-order valence-electron chi connectivity index (χ0n) is 10.4. The minimum atomic E-state index is -2.25. The molecular formula is C11H17NO4S2. The number of hydrogen-bond acceptors (Lipinski definition) is 3. The van der Waals surface area contributed by atoms with Gasteiger partial charge in [0, 0.05) is 6.04 Å². The van der Waals surface area contributed by atoms with Crippen LogP contribution in [0.15, 0.2) is 28.0 Å². The summed E-state index contributed by atoms with van der Waals surface area (Å²) in [5.41, 5.74) is 6.28. The van der Waals surface area contributed by atoms with E-state index in [1.807, 2.05) is 20.8 Å². The predicted molar refractivity (Wildman–Crippen MR) is 70.9 cm³/mol. The van der Waals surface area contributed by atoms with Gasteiger partial charge in [-0.2, -0.15) is 0 Å². The molecule has 0 spiro atoms. The molecule has 0 saturated carbocycles. The van der Waals surface area contributed by atoms with Crippen molar-refractivity contribution in [2.45, 2.75) is 36.6 Å². The molecule has 1 rings (SSSR count). The molecule has 1 aromatic rings. The molecule has 3 unspecified atom stereocenters. The normalized spacial score (nSPS) is 17.2. The summed E-state index contributed by atoms with van der Waals surface area (Å²) in [7, 11) is 0. The van der Waals surface area contributed by atoms with Gasteiger partial charge in [-0.25, -0.2) is 8.42 Å². The molecule has 0 radical (unpaired) electrons. The molecule has 0 aromatic heterocycles. The highest BCUT2D eigenvalue weighted by atomic mass is 32.2. The number of benzene rings is 1. The van der Waals surface area contributed by atoms with Crippen molar-refractivity contribution in [2.24, 2.45) is 11.1 Å². The molecule has 0 saturated heterocycles. The Morgan fingerprint density at radius 3 is 2.11 bits per heavy atom. The standard InChI is InChI=1S/C11H17NO4S2/c1-11(2,3)10(12)8-5-4-7(17(13)14)6-9(8)18(15)16/h4-6,10H,12H2,1-3H3,(H,13,14)(H,15,16). The van der Waals surface area contributed by atoms with Gasteiger partial charge in [0.25, 0.3) is 0 Å². The van der Waals surface area contributed by atoms with E-state index in [-0.39, 0.29) is 15.2 Å². The molecule has 3 atom stereocenters. The number of rotatable bonds is 3. The minimum absolute atomic E-state index is 0.0808. The molecule has 7 heteroatoms. The van der Waals surface area contributed by atoms with Crippen LogP contribution < -0.4 is 5.73 Å². The van der Waals surface area contributed by atoms with Crippen LogP contribution in [0, 0.1) is 5.41 Å². The average Bonchev–Trinajstić information content (AvgIpc) is 2.25. The van der Waals surface area contributed by atoms with E-state index in [1.54, 1.807) is 0 Å². The Kier molecular flexibility index (Phi) is 4.79. The van der Waals surface area contributed by atoms with E-state index in [9.17, 15) is 13.0 Å². The Labute approximate surface area is 111 Å². The molecule has 0 aliphatic heterocycles. The van der Waals surface area contributed by atoms with Gasteiger partial charge in [-0.05, 0) is 23.1 Å². The van der Waals surface area contributed by atoms with Gasteiger partial charge in [0.05, 0.1) is 9.79 Å². The van der Waals surface area contributed by atoms with Gasteiger partial charge in [0.15, 0.2) is 22.2 Å². The fraction of sp³-hybridized carbons (Fsp3) is 0.455. The van der Waals surface area contributed by atoms with E-state index < -0.39 is 28.2 Å². The lowest BCUT2D eigenvalue weighted by Gasteiger charge is -2.28. The van der Waals surface area contributed by atoms with Gasteiger partial charge in [-0.15, -0.1) is 0 Å². The Balaban J connectivity index is 3.37. The number of hydrogen-bond donors (Lipinski definition) is 3. The van der Waals surface area contributed by atoms with Gasteiger partial charge >= 0.3 is 0 Å². The van der Waals surface area contributed by atoms with Gasteiger partial charge in [-0.1, -0.05) is 26.8 Å². The van der Waals surface area contributed by atoms with E-state index in [4.69, 9.17) is 10.3 Å². The van der Waals surface area contributed by atoms with Crippen molar-refractivity contribution in [1.82, 2.24) is 0 Å². The van der Waals surface area contributed by atoms with Crippen molar-refractivity contribution < 1.29 is 17.5 Å². The summed E-state index contributed by atoms with van der Waals surface area (Å²) in [5.74, 6) is 0. The molecule has 0 aliphatic rings. The second-order valence-corrected chi connectivity index (χ2v) is 6.95. The molecule has 0 fully saturated rings. The van der Waals surface area contributed by atoms with Gasteiger partial charge in [-0.3, -0.25) is 0 Å². The molecule has 1 aromatic carbocycles. The quantitative estimate of drug-likeness (QED) is 0.738. The SMILES string of the molecule is CC(C)(C)C(N)c1ccc(S(=O)O)cc1S(=O)O. The highest BCUT2D eigenvalue weighted by Crippen LogP contribution is 2.34. The molecule has 0 amide bonds. The first-order valence-electron chi connectivity index (χ1n) is 5.26. The Morgan fingerprint density at radius 1 is 1.17 bits per heavy atom. The van der Waals surface area contributed by atoms with Crippen LogP contribution in [0.25, 0.3) is 0 Å². The second-order valence-electron chi connectivity index (χ2n) is 5.04. The molecule has 102 valence electrons. The van der Waals surface area contributed by atoms with Crippen LogP contribution in [0.4, 0.5) is 0 Å². The molecular weight excluding hydrogens is 274 g/mol.